The van der Waals surface area contributed by atoms with Gasteiger partial charge in [0.25, 0.3) is 0 Å². The van der Waals surface area contributed by atoms with E-state index in [-0.39, 0.29) is 5.54 Å². The van der Waals surface area contributed by atoms with Crippen molar-refractivity contribution in [1.29, 1.82) is 0 Å². The van der Waals surface area contributed by atoms with Crippen LogP contribution in [0, 0.1) is 0 Å². The number of hydrogen-bond acceptors (Lipinski definition) is 4. The van der Waals surface area contributed by atoms with Crippen LogP contribution in [0.1, 0.15) is 32.6 Å². The van der Waals surface area contributed by atoms with Gasteiger partial charge in [-0.15, -0.1) is 0 Å². The summed E-state index contributed by atoms with van der Waals surface area (Å²) in [6.07, 6.45) is 5.36. The number of likely N-dealkylation sites (N-methyl/N-ethyl adjacent to an activating group) is 1. The Bertz CT molecular complexity index is 236. The third kappa shape index (κ3) is 2.65. The fourth-order valence-electron chi connectivity index (χ4n) is 3.20. The number of methoxy groups -OCH3 is 1. The van der Waals surface area contributed by atoms with Gasteiger partial charge < -0.3 is 15.2 Å². The topological polar surface area (TPSA) is 47.7 Å². The molecule has 1 saturated heterocycles. The van der Waals surface area contributed by atoms with Crippen LogP contribution >= 0.6 is 0 Å². The molecule has 4 nitrogen and oxygen atoms in total. The smallest absolute Gasteiger partial charge is 0.0703 e. The molecule has 0 aromatic carbocycles. The second kappa shape index (κ2) is 5.65. The first-order chi connectivity index (χ1) is 8.24. The van der Waals surface area contributed by atoms with Crippen molar-refractivity contribution < 1.29 is 9.47 Å². The van der Waals surface area contributed by atoms with E-state index in [0.29, 0.717) is 12.2 Å². The van der Waals surface area contributed by atoms with Crippen LogP contribution in [0.15, 0.2) is 0 Å². The summed E-state index contributed by atoms with van der Waals surface area (Å²) in [5.41, 5.74) is 6.17. The van der Waals surface area contributed by atoms with E-state index >= 15 is 0 Å². The zero-order valence-electron chi connectivity index (χ0n) is 11.2. The average Bonchev–Trinajstić information content (AvgIpc) is 2.80. The van der Waals surface area contributed by atoms with Gasteiger partial charge in [0, 0.05) is 32.3 Å². The van der Waals surface area contributed by atoms with Crippen molar-refractivity contribution in [2.45, 2.75) is 50.4 Å². The van der Waals surface area contributed by atoms with E-state index in [1.807, 2.05) is 0 Å². The Balaban J connectivity index is 1.91. The molecule has 1 unspecified atom stereocenters. The van der Waals surface area contributed by atoms with Gasteiger partial charge in [0.1, 0.15) is 0 Å². The molecule has 17 heavy (non-hydrogen) atoms. The largest absolute Gasteiger partial charge is 0.381 e. The highest BCUT2D eigenvalue weighted by atomic mass is 16.5. The van der Waals surface area contributed by atoms with Crippen molar-refractivity contribution in [3.8, 4) is 0 Å². The standard InChI is InChI=1S/C13H26N2O2/c1-3-15(9-11-5-4-6-17-11)13(10-14)7-12(8-13)16-2/h11-12H,3-10,14H2,1-2H3. The molecule has 0 radical (unpaired) electrons. The molecule has 100 valence electrons. The molecule has 0 bridgehead atoms. The third-order valence-corrected chi connectivity index (χ3v) is 4.43. The SMILES string of the molecule is CCN(CC1CCCO1)C1(CN)CC(OC)C1. The van der Waals surface area contributed by atoms with Gasteiger partial charge in [-0.1, -0.05) is 6.92 Å². The lowest BCUT2D eigenvalue weighted by Gasteiger charge is -2.53. The second-order valence-corrected chi connectivity index (χ2v) is 5.37. The number of nitrogens with zero attached hydrogens (tertiary/aromatic N) is 1. The molecule has 1 aliphatic carbocycles. The predicted octanol–water partition coefficient (Wildman–Crippen LogP) is 0.994. The summed E-state index contributed by atoms with van der Waals surface area (Å²) in [5, 5.41) is 0. The van der Waals surface area contributed by atoms with Crippen LogP contribution in [0.3, 0.4) is 0 Å². The summed E-state index contributed by atoms with van der Waals surface area (Å²) in [5.74, 6) is 0. The number of nitrogens with two attached hydrogens (primary N) is 1. The molecule has 1 atom stereocenters. The minimum Gasteiger partial charge on any atom is -0.381 e. The molecule has 2 N–H and O–H groups in total. The Kier molecular flexibility index (Phi) is 4.42. The van der Waals surface area contributed by atoms with Crippen molar-refractivity contribution in [1.82, 2.24) is 4.90 Å². The van der Waals surface area contributed by atoms with Gasteiger partial charge in [-0.05, 0) is 32.2 Å². The molecular weight excluding hydrogens is 216 g/mol. The molecule has 1 aliphatic heterocycles. The van der Waals surface area contributed by atoms with Crippen molar-refractivity contribution in [3.05, 3.63) is 0 Å². The van der Waals surface area contributed by atoms with Crippen LogP contribution in [-0.4, -0.2) is 56.0 Å². The molecule has 0 spiro atoms. The number of hydrogen-bond donors (Lipinski definition) is 1. The average molecular weight is 242 g/mol. The molecule has 1 heterocycles. The van der Waals surface area contributed by atoms with Gasteiger partial charge in [-0.2, -0.15) is 0 Å². The zero-order chi connectivity index (χ0) is 12.3. The first kappa shape index (κ1) is 13.3. The Labute approximate surface area is 104 Å². The van der Waals surface area contributed by atoms with E-state index in [4.69, 9.17) is 15.2 Å². The molecule has 2 rings (SSSR count). The number of ether oxygens (including phenoxy) is 2. The molecule has 2 aliphatic rings. The van der Waals surface area contributed by atoms with E-state index in [1.54, 1.807) is 7.11 Å². The highest BCUT2D eigenvalue weighted by Gasteiger charge is 2.47. The fraction of sp³-hybridized carbons (Fsp3) is 1.00. The van der Waals surface area contributed by atoms with E-state index in [1.165, 1.54) is 12.8 Å². The van der Waals surface area contributed by atoms with Gasteiger partial charge in [-0.3, -0.25) is 4.90 Å². The van der Waals surface area contributed by atoms with Crippen LogP contribution in [0.5, 0.6) is 0 Å². The summed E-state index contributed by atoms with van der Waals surface area (Å²) in [4.78, 5) is 2.51. The molecular formula is C13H26N2O2. The highest BCUT2D eigenvalue weighted by Crippen LogP contribution is 2.39. The molecule has 2 fully saturated rings. The van der Waals surface area contributed by atoms with E-state index in [9.17, 15) is 0 Å². The maximum absolute atomic E-state index is 6.00. The molecule has 0 aromatic heterocycles. The van der Waals surface area contributed by atoms with Gasteiger partial charge in [-0.25, -0.2) is 0 Å². The lowest BCUT2D eigenvalue weighted by atomic mass is 9.72. The normalized spacial score (nSPS) is 37.4. The monoisotopic (exact) mass is 242 g/mol. The summed E-state index contributed by atoms with van der Waals surface area (Å²) >= 11 is 0. The fourth-order valence-corrected chi connectivity index (χ4v) is 3.20. The Hall–Kier alpha value is -0.160. The highest BCUT2D eigenvalue weighted by molar-refractivity contribution is 5.04. The third-order valence-electron chi connectivity index (χ3n) is 4.43. The maximum atomic E-state index is 6.00. The van der Waals surface area contributed by atoms with Crippen molar-refractivity contribution in [3.63, 3.8) is 0 Å². The minimum atomic E-state index is 0.168. The van der Waals surface area contributed by atoms with Gasteiger partial charge in [0.15, 0.2) is 0 Å². The lowest BCUT2D eigenvalue weighted by molar-refractivity contribution is -0.0966. The summed E-state index contributed by atoms with van der Waals surface area (Å²) in [7, 11) is 1.79. The Morgan fingerprint density at radius 1 is 1.47 bits per heavy atom. The lowest BCUT2D eigenvalue weighted by Crippen LogP contribution is -2.64. The van der Waals surface area contributed by atoms with Crippen LogP contribution in [0.4, 0.5) is 0 Å². The first-order valence-corrected chi connectivity index (χ1v) is 6.83. The second-order valence-electron chi connectivity index (χ2n) is 5.37. The van der Waals surface area contributed by atoms with Crippen molar-refractivity contribution >= 4 is 0 Å². The molecule has 4 heteroatoms. The van der Waals surface area contributed by atoms with Crippen LogP contribution in [0.25, 0.3) is 0 Å². The van der Waals surface area contributed by atoms with Crippen LogP contribution in [-0.2, 0) is 9.47 Å². The van der Waals surface area contributed by atoms with E-state index in [2.05, 4.69) is 11.8 Å². The Morgan fingerprint density at radius 3 is 2.71 bits per heavy atom. The number of rotatable bonds is 6. The van der Waals surface area contributed by atoms with Crippen molar-refractivity contribution in [2.75, 3.05) is 33.4 Å². The predicted molar refractivity (Wildman–Crippen MR) is 68.0 cm³/mol. The van der Waals surface area contributed by atoms with Gasteiger partial charge in [0.2, 0.25) is 0 Å². The Morgan fingerprint density at radius 2 is 2.24 bits per heavy atom. The van der Waals surface area contributed by atoms with Crippen LogP contribution in [0.2, 0.25) is 0 Å². The minimum absolute atomic E-state index is 0.168. The van der Waals surface area contributed by atoms with Gasteiger partial charge >= 0.3 is 0 Å². The van der Waals surface area contributed by atoms with Crippen molar-refractivity contribution in [2.24, 2.45) is 5.73 Å². The van der Waals surface area contributed by atoms with Crippen LogP contribution < -0.4 is 5.73 Å². The first-order valence-electron chi connectivity index (χ1n) is 6.83. The molecule has 0 aromatic rings. The summed E-state index contributed by atoms with van der Waals surface area (Å²) < 4.78 is 11.1. The molecule has 0 amide bonds. The summed E-state index contributed by atoms with van der Waals surface area (Å²) in [6.45, 7) is 5.95. The quantitative estimate of drug-likeness (QED) is 0.754. The maximum Gasteiger partial charge on any atom is 0.0703 e. The van der Waals surface area contributed by atoms with E-state index in [0.717, 1.165) is 39.1 Å². The molecule has 1 saturated carbocycles. The summed E-state index contributed by atoms with van der Waals surface area (Å²) in [6, 6.07) is 0. The van der Waals surface area contributed by atoms with E-state index < -0.39 is 0 Å². The van der Waals surface area contributed by atoms with Gasteiger partial charge in [0.05, 0.1) is 12.2 Å². The zero-order valence-corrected chi connectivity index (χ0v) is 11.2.